The van der Waals surface area contributed by atoms with Gasteiger partial charge in [-0.05, 0) is 30.7 Å². The van der Waals surface area contributed by atoms with Crippen LogP contribution in [0.15, 0.2) is 12.4 Å². The molecule has 2 aliphatic rings. The molecule has 1 aromatic heterocycles. The summed E-state index contributed by atoms with van der Waals surface area (Å²) in [7, 11) is 0. The van der Waals surface area contributed by atoms with E-state index in [0.29, 0.717) is 31.7 Å². The van der Waals surface area contributed by atoms with Crippen LogP contribution in [0.3, 0.4) is 0 Å². The van der Waals surface area contributed by atoms with E-state index in [1.54, 1.807) is 12.4 Å². The molecule has 2 N–H and O–H groups in total. The lowest BCUT2D eigenvalue weighted by atomic mass is 9.89. The van der Waals surface area contributed by atoms with Crippen LogP contribution in [0.2, 0.25) is 0 Å². The number of H-pyrrole nitrogens is 1. The third kappa shape index (κ3) is 4.56. The molecule has 6 nitrogen and oxygen atoms in total. The molecule has 0 bridgehead atoms. The Kier molecular flexibility index (Phi) is 5.31. The molecular weight excluding hydrogens is 292 g/mol. The molecule has 2 fully saturated rings. The SMILES string of the molecule is O=C(CCc1cn[nH]c1)N[C@H]1CC(=O)N(CC2CCCCC2)C1. The van der Waals surface area contributed by atoms with Crippen molar-refractivity contribution >= 4 is 11.8 Å². The monoisotopic (exact) mass is 318 g/mol. The number of carbonyl (C=O) groups is 2. The van der Waals surface area contributed by atoms with Crippen molar-refractivity contribution in [3.63, 3.8) is 0 Å². The van der Waals surface area contributed by atoms with E-state index in [9.17, 15) is 9.59 Å². The van der Waals surface area contributed by atoms with Crippen molar-refractivity contribution in [3.05, 3.63) is 18.0 Å². The average molecular weight is 318 g/mol. The van der Waals surface area contributed by atoms with Gasteiger partial charge in [0.05, 0.1) is 12.2 Å². The lowest BCUT2D eigenvalue weighted by Crippen LogP contribution is -2.38. The van der Waals surface area contributed by atoms with Crippen molar-refractivity contribution in [1.82, 2.24) is 20.4 Å². The van der Waals surface area contributed by atoms with Crippen LogP contribution in [-0.4, -0.2) is 46.0 Å². The number of aromatic amines is 1. The third-order valence-electron chi connectivity index (χ3n) is 4.98. The second kappa shape index (κ2) is 7.62. The van der Waals surface area contributed by atoms with Crippen molar-refractivity contribution < 1.29 is 9.59 Å². The molecule has 1 saturated carbocycles. The Labute approximate surface area is 137 Å². The second-order valence-corrected chi connectivity index (χ2v) is 6.88. The molecule has 23 heavy (non-hydrogen) atoms. The molecule has 1 aliphatic heterocycles. The van der Waals surface area contributed by atoms with Gasteiger partial charge < -0.3 is 10.2 Å². The van der Waals surface area contributed by atoms with Crippen LogP contribution in [0.4, 0.5) is 0 Å². The number of amides is 2. The molecule has 0 aromatic carbocycles. The van der Waals surface area contributed by atoms with Crippen LogP contribution in [0.25, 0.3) is 0 Å². The van der Waals surface area contributed by atoms with Gasteiger partial charge in [-0.1, -0.05) is 19.3 Å². The minimum atomic E-state index is -0.0251. The first kappa shape index (κ1) is 16.0. The van der Waals surface area contributed by atoms with Crippen molar-refractivity contribution in [2.24, 2.45) is 5.92 Å². The Morgan fingerprint density at radius 3 is 2.91 bits per heavy atom. The number of aromatic nitrogens is 2. The third-order valence-corrected chi connectivity index (χ3v) is 4.98. The highest BCUT2D eigenvalue weighted by atomic mass is 16.2. The van der Waals surface area contributed by atoms with E-state index in [4.69, 9.17) is 0 Å². The molecule has 3 rings (SSSR count). The predicted molar refractivity (Wildman–Crippen MR) is 86.6 cm³/mol. The lowest BCUT2D eigenvalue weighted by Gasteiger charge is -2.27. The highest BCUT2D eigenvalue weighted by Gasteiger charge is 2.32. The van der Waals surface area contributed by atoms with Gasteiger partial charge in [0.2, 0.25) is 11.8 Å². The molecule has 1 aromatic rings. The number of hydrogen-bond donors (Lipinski definition) is 2. The van der Waals surface area contributed by atoms with Gasteiger partial charge in [-0.2, -0.15) is 5.10 Å². The first-order chi connectivity index (χ1) is 11.2. The normalized spacial score (nSPS) is 22.5. The molecule has 0 radical (unpaired) electrons. The molecule has 1 saturated heterocycles. The summed E-state index contributed by atoms with van der Waals surface area (Å²) in [6, 6.07) is -0.0251. The van der Waals surface area contributed by atoms with Crippen molar-refractivity contribution in [3.8, 4) is 0 Å². The summed E-state index contributed by atoms with van der Waals surface area (Å²) in [6.45, 7) is 1.55. The molecule has 1 atom stereocenters. The Hall–Kier alpha value is -1.85. The van der Waals surface area contributed by atoms with Gasteiger partial charge in [0.25, 0.3) is 0 Å². The molecular formula is C17H26N4O2. The molecule has 2 heterocycles. The van der Waals surface area contributed by atoms with Crippen LogP contribution < -0.4 is 5.32 Å². The van der Waals surface area contributed by atoms with E-state index < -0.39 is 0 Å². The van der Waals surface area contributed by atoms with Gasteiger partial charge in [0.15, 0.2) is 0 Å². The predicted octanol–water partition coefficient (Wildman–Crippen LogP) is 1.64. The van der Waals surface area contributed by atoms with Crippen LogP contribution in [-0.2, 0) is 16.0 Å². The Morgan fingerprint density at radius 1 is 1.35 bits per heavy atom. The number of rotatable bonds is 6. The summed E-state index contributed by atoms with van der Waals surface area (Å²) in [5, 5.41) is 9.62. The Morgan fingerprint density at radius 2 is 2.17 bits per heavy atom. The zero-order chi connectivity index (χ0) is 16.1. The van der Waals surface area contributed by atoms with E-state index in [-0.39, 0.29) is 17.9 Å². The van der Waals surface area contributed by atoms with Crippen LogP contribution in [0.1, 0.15) is 50.5 Å². The van der Waals surface area contributed by atoms with E-state index >= 15 is 0 Å². The standard InChI is InChI=1S/C17H26N4O2/c22-16(7-6-14-9-18-19-10-14)20-15-8-17(23)21(12-15)11-13-4-2-1-3-5-13/h9-10,13,15H,1-8,11-12H2,(H,18,19)(H,20,22)/t15-/m0/s1. The average Bonchev–Trinajstić information content (AvgIpc) is 3.17. The van der Waals surface area contributed by atoms with Gasteiger partial charge in [-0.25, -0.2) is 0 Å². The summed E-state index contributed by atoms with van der Waals surface area (Å²) < 4.78 is 0. The fourth-order valence-corrected chi connectivity index (χ4v) is 3.70. The quantitative estimate of drug-likeness (QED) is 0.837. The van der Waals surface area contributed by atoms with E-state index in [1.165, 1.54) is 32.1 Å². The number of aryl methyl sites for hydroxylation is 1. The van der Waals surface area contributed by atoms with Gasteiger partial charge in [-0.3, -0.25) is 14.7 Å². The Balaban J connectivity index is 1.40. The molecule has 1 aliphatic carbocycles. The Bertz CT molecular complexity index is 523. The van der Waals surface area contributed by atoms with Gasteiger partial charge >= 0.3 is 0 Å². The highest BCUT2D eigenvalue weighted by Crippen LogP contribution is 2.26. The van der Waals surface area contributed by atoms with Crippen molar-refractivity contribution in [2.45, 2.75) is 57.4 Å². The lowest BCUT2D eigenvalue weighted by molar-refractivity contribution is -0.128. The summed E-state index contributed by atoms with van der Waals surface area (Å²) in [6.07, 6.45) is 11.5. The van der Waals surface area contributed by atoms with Crippen LogP contribution in [0, 0.1) is 5.92 Å². The topological polar surface area (TPSA) is 78.1 Å². The minimum absolute atomic E-state index is 0.0171. The molecule has 6 heteroatoms. The van der Waals surface area contributed by atoms with Gasteiger partial charge in [0.1, 0.15) is 0 Å². The zero-order valence-electron chi connectivity index (χ0n) is 13.6. The fraction of sp³-hybridized carbons (Fsp3) is 0.706. The van der Waals surface area contributed by atoms with Crippen LogP contribution in [0.5, 0.6) is 0 Å². The number of nitrogens with one attached hydrogen (secondary N) is 2. The number of carbonyl (C=O) groups excluding carboxylic acids is 2. The van der Waals surface area contributed by atoms with Crippen LogP contribution >= 0.6 is 0 Å². The molecule has 0 spiro atoms. The second-order valence-electron chi connectivity index (χ2n) is 6.88. The maximum absolute atomic E-state index is 12.1. The molecule has 0 unspecified atom stereocenters. The maximum atomic E-state index is 12.1. The van der Waals surface area contributed by atoms with E-state index in [0.717, 1.165) is 12.1 Å². The molecule has 126 valence electrons. The number of nitrogens with zero attached hydrogens (tertiary/aromatic N) is 2. The summed E-state index contributed by atoms with van der Waals surface area (Å²) in [5.74, 6) is 0.863. The number of hydrogen-bond acceptors (Lipinski definition) is 3. The minimum Gasteiger partial charge on any atom is -0.351 e. The first-order valence-corrected chi connectivity index (χ1v) is 8.75. The zero-order valence-corrected chi connectivity index (χ0v) is 13.6. The maximum Gasteiger partial charge on any atom is 0.224 e. The summed E-state index contributed by atoms with van der Waals surface area (Å²) in [5.41, 5.74) is 1.03. The van der Waals surface area contributed by atoms with E-state index in [1.807, 2.05) is 4.90 Å². The van der Waals surface area contributed by atoms with Crippen molar-refractivity contribution in [2.75, 3.05) is 13.1 Å². The first-order valence-electron chi connectivity index (χ1n) is 8.75. The number of likely N-dealkylation sites (tertiary alicyclic amines) is 1. The molecule has 2 amide bonds. The summed E-state index contributed by atoms with van der Waals surface area (Å²) in [4.78, 5) is 26.1. The van der Waals surface area contributed by atoms with Crippen molar-refractivity contribution in [1.29, 1.82) is 0 Å². The van der Waals surface area contributed by atoms with Gasteiger partial charge in [-0.15, -0.1) is 0 Å². The highest BCUT2D eigenvalue weighted by molar-refractivity contribution is 5.82. The fourth-order valence-electron chi connectivity index (χ4n) is 3.70. The summed E-state index contributed by atoms with van der Waals surface area (Å²) >= 11 is 0. The largest absolute Gasteiger partial charge is 0.351 e. The van der Waals surface area contributed by atoms with Gasteiger partial charge in [0, 0.05) is 32.1 Å². The smallest absolute Gasteiger partial charge is 0.224 e. The van der Waals surface area contributed by atoms with E-state index in [2.05, 4.69) is 15.5 Å².